The zero-order chi connectivity index (χ0) is 22.5. The van der Waals surface area contributed by atoms with Gasteiger partial charge in [-0.3, -0.25) is 9.59 Å². The third-order valence-corrected chi connectivity index (χ3v) is 5.51. The normalized spacial score (nSPS) is 13.6. The topological polar surface area (TPSA) is 61.9 Å². The molecule has 0 saturated carbocycles. The number of benzene rings is 3. The molecule has 0 bridgehead atoms. The van der Waals surface area contributed by atoms with Gasteiger partial charge in [0.2, 0.25) is 0 Å². The number of carbonyl (C=O) groups is 2. The lowest BCUT2D eigenvalue weighted by Gasteiger charge is -2.36. The smallest absolute Gasteiger partial charge is 0.258 e. The van der Waals surface area contributed by atoms with Crippen LogP contribution in [0.1, 0.15) is 20.7 Å². The molecule has 1 saturated heterocycles. The van der Waals surface area contributed by atoms with Crippen LogP contribution in [0.5, 0.6) is 5.75 Å². The van der Waals surface area contributed by atoms with Gasteiger partial charge in [0.05, 0.1) is 12.7 Å². The first-order chi connectivity index (χ1) is 15.5. The average molecular weight is 433 g/mol. The van der Waals surface area contributed by atoms with Gasteiger partial charge in [-0.15, -0.1) is 0 Å². The van der Waals surface area contributed by atoms with Crippen molar-refractivity contribution in [3.05, 3.63) is 89.7 Å². The van der Waals surface area contributed by atoms with Crippen LogP contribution in [0.4, 0.5) is 15.8 Å². The Balaban J connectivity index is 1.33. The molecule has 1 N–H and O–H groups in total. The van der Waals surface area contributed by atoms with Crippen molar-refractivity contribution >= 4 is 23.2 Å². The Morgan fingerprint density at radius 2 is 1.53 bits per heavy atom. The molecular weight excluding hydrogens is 409 g/mol. The largest absolute Gasteiger partial charge is 0.497 e. The second kappa shape index (κ2) is 9.51. The third-order valence-electron chi connectivity index (χ3n) is 5.51. The molecule has 6 nitrogen and oxygen atoms in total. The van der Waals surface area contributed by atoms with Gasteiger partial charge in [0.15, 0.2) is 0 Å². The molecule has 0 aromatic heterocycles. The summed E-state index contributed by atoms with van der Waals surface area (Å²) in [6, 6.07) is 20.4. The summed E-state index contributed by atoms with van der Waals surface area (Å²) in [5.41, 5.74) is 2.25. The van der Waals surface area contributed by atoms with E-state index in [1.165, 1.54) is 12.1 Å². The number of hydrogen-bond acceptors (Lipinski definition) is 4. The minimum atomic E-state index is -0.552. The van der Waals surface area contributed by atoms with Gasteiger partial charge in [-0.1, -0.05) is 12.1 Å². The summed E-state index contributed by atoms with van der Waals surface area (Å²) in [5.74, 6) is -0.302. The van der Waals surface area contributed by atoms with E-state index >= 15 is 0 Å². The molecule has 3 aromatic rings. The molecule has 2 amide bonds. The summed E-state index contributed by atoms with van der Waals surface area (Å²) >= 11 is 0. The molecule has 1 heterocycles. The summed E-state index contributed by atoms with van der Waals surface area (Å²) in [4.78, 5) is 29.0. The zero-order valence-corrected chi connectivity index (χ0v) is 17.8. The number of anilines is 2. The van der Waals surface area contributed by atoms with E-state index in [0.717, 1.165) is 11.4 Å². The lowest BCUT2D eigenvalue weighted by Crippen LogP contribution is -2.48. The van der Waals surface area contributed by atoms with Crippen molar-refractivity contribution in [3.8, 4) is 5.75 Å². The summed E-state index contributed by atoms with van der Waals surface area (Å²) in [5, 5.41) is 2.72. The van der Waals surface area contributed by atoms with Crippen LogP contribution in [0.25, 0.3) is 0 Å². The Bertz CT molecular complexity index is 1090. The van der Waals surface area contributed by atoms with Gasteiger partial charge in [-0.2, -0.15) is 0 Å². The maximum atomic E-state index is 13.8. The van der Waals surface area contributed by atoms with Crippen molar-refractivity contribution in [2.45, 2.75) is 0 Å². The predicted octanol–water partition coefficient (Wildman–Crippen LogP) is 4.05. The SMILES string of the molecule is COc1ccc(C(=O)N2CCN(c3ccc(NC(=O)c4ccccc4F)cc3)CC2)cc1. The van der Waals surface area contributed by atoms with Gasteiger partial charge in [0.1, 0.15) is 11.6 Å². The van der Waals surface area contributed by atoms with Crippen molar-refractivity contribution in [3.63, 3.8) is 0 Å². The molecule has 164 valence electrons. The van der Waals surface area contributed by atoms with Crippen LogP contribution in [0, 0.1) is 5.82 Å². The highest BCUT2D eigenvalue weighted by Gasteiger charge is 2.22. The molecule has 0 unspecified atom stereocenters. The van der Waals surface area contributed by atoms with Crippen LogP contribution >= 0.6 is 0 Å². The predicted molar refractivity (Wildman–Crippen MR) is 122 cm³/mol. The number of hydrogen-bond donors (Lipinski definition) is 1. The van der Waals surface area contributed by atoms with E-state index < -0.39 is 11.7 Å². The number of amides is 2. The standard InChI is InChI=1S/C25H24FN3O3/c1-32-21-12-6-18(7-13-21)25(31)29-16-14-28(15-17-29)20-10-8-19(9-11-20)27-24(30)22-4-2-3-5-23(22)26/h2-13H,14-17H2,1H3,(H,27,30). The second-order valence-corrected chi connectivity index (χ2v) is 7.49. The summed E-state index contributed by atoms with van der Waals surface area (Å²) in [7, 11) is 1.60. The fourth-order valence-electron chi connectivity index (χ4n) is 3.68. The number of carbonyl (C=O) groups excluding carboxylic acids is 2. The van der Waals surface area contributed by atoms with Gasteiger partial charge in [0, 0.05) is 43.1 Å². The lowest BCUT2D eigenvalue weighted by molar-refractivity contribution is 0.0746. The van der Waals surface area contributed by atoms with E-state index in [1.807, 2.05) is 17.0 Å². The minimum absolute atomic E-state index is 0.00854. The van der Waals surface area contributed by atoms with Crippen LogP contribution in [0.15, 0.2) is 72.8 Å². The van der Waals surface area contributed by atoms with Crippen molar-refractivity contribution in [2.24, 2.45) is 0 Å². The van der Waals surface area contributed by atoms with Gasteiger partial charge in [0.25, 0.3) is 11.8 Å². The van der Waals surface area contributed by atoms with Crippen LogP contribution in [-0.2, 0) is 0 Å². The molecule has 0 atom stereocenters. The zero-order valence-electron chi connectivity index (χ0n) is 17.8. The van der Waals surface area contributed by atoms with Crippen molar-refractivity contribution in [1.29, 1.82) is 0 Å². The van der Waals surface area contributed by atoms with Crippen molar-refractivity contribution in [2.75, 3.05) is 43.5 Å². The van der Waals surface area contributed by atoms with Gasteiger partial charge >= 0.3 is 0 Å². The summed E-state index contributed by atoms with van der Waals surface area (Å²) in [6.45, 7) is 2.67. The Labute approximate surface area is 186 Å². The number of piperazine rings is 1. The minimum Gasteiger partial charge on any atom is -0.497 e. The summed E-state index contributed by atoms with van der Waals surface area (Å²) in [6.07, 6.45) is 0. The Morgan fingerprint density at radius 3 is 2.16 bits per heavy atom. The molecule has 32 heavy (non-hydrogen) atoms. The molecule has 1 fully saturated rings. The van der Waals surface area contributed by atoms with Gasteiger partial charge in [-0.05, 0) is 60.7 Å². The Hall–Kier alpha value is -3.87. The number of rotatable bonds is 5. The first-order valence-corrected chi connectivity index (χ1v) is 10.4. The highest BCUT2D eigenvalue weighted by atomic mass is 19.1. The molecule has 4 rings (SSSR count). The van der Waals surface area contributed by atoms with E-state index in [9.17, 15) is 14.0 Å². The van der Waals surface area contributed by atoms with Gasteiger partial charge in [-0.25, -0.2) is 4.39 Å². The molecule has 1 aliphatic heterocycles. The fourth-order valence-corrected chi connectivity index (χ4v) is 3.68. The summed E-state index contributed by atoms with van der Waals surface area (Å²) < 4.78 is 18.9. The Kier molecular flexibility index (Phi) is 6.35. The number of nitrogens with zero attached hydrogens (tertiary/aromatic N) is 2. The monoisotopic (exact) mass is 433 g/mol. The Morgan fingerprint density at radius 1 is 0.875 bits per heavy atom. The molecule has 0 radical (unpaired) electrons. The van der Waals surface area contributed by atoms with Crippen LogP contribution in [-0.4, -0.2) is 50.0 Å². The highest BCUT2D eigenvalue weighted by molar-refractivity contribution is 6.04. The van der Waals surface area contributed by atoms with E-state index in [0.29, 0.717) is 37.4 Å². The lowest BCUT2D eigenvalue weighted by atomic mass is 10.1. The van der Waals surface area contributed by atoms with Crippen molar-refractivity contribution in [1.82, 2.24) is 4.90 Å². The van der Waals surface area contributed by atoms with Crippen molar-refractivity contribution < 1.29 is 18.7 Å². The second-order valence-electron chi connectivity index (χ2n) is 7.49. The van der Waals surface area contributed by atoms with Crippen LogP contribution in [0.2, 0.25) is 0 Å². The van der Waals surface area contributed by atoms with E-state index in [2.05, 4.69) is 10.2 Å². The van der Waals surface area contributed by atoms with E-state index in [-0.39, 0.29) is 11.5 Å². The third kappa shape index (κ3) is 4.72. The molecule has 3 aromatic carbocycles. The van der Waals surface area contributed by atoms with Crippen LogP contribution < -0.4 is 15.0 Å². The van der Waals surface area contributed by atoms with E-state index in [4.69, 9.17) is 4.74 Å². The van der Waals surface area contributed by atoms with Gasteiger partial charge < -0.3 is 19.9 Å². The number of nitrogens with one attached hydrogen (secondary N) is 1. The quantitative estimate of drug-likeness (QED) is 0.660. The number of methoxy groups -OCH3 is 1. The molecule has 1 aliphatic rings. The maximum Gasteiger partial charge on any atom is 0.258 e. The fraction of sp³-hybridized carbons (Fsp3) is 0.200. The number of halogens is 1. The van der Waals surface area contributed by atoms with E-state index in [1.54, 1.807) is 55.6 Å². The van der Waals surface area contributed by atoms with Crippen LogP contribution in [0.3, 0.4) is 0 Å². The molecule has 0 aliphatic carbocycles. The first kappa shape index (κ1) is 21.4. The first-order valence-electron chi connectivity index (χ1n) is 10.4. The molecule has 7 heteroatoms. The number of ether oxygens (including phenoxy) is 1. The maximum absolute atomic E-state index is 13.8. The highest BCUT2D eigenvalue weighted by Crippen LogP contribution is 2.21. The molecule has 0 spiro atoms. The molecular formula is C25H24FN3O3. The average Bonchev–Trinajstić information content (AvgIpc) is 2.84.